The zero-order chi connectivity index (χ0) is 30.0. The highest BCUT2D eigenvalue weighted by Crippen LogP contribution is 2.31. The number of pyridine rings is 1. The molecule has 3 heterocycles. The molecule has 10 nitrogen and oxygen atoms in total. The monoisotopic (exact) mass is 583 g/mol. The summed E-state index contributed by atoms with van der Waals surface area (Å²) in [5, 5.41) is 28.6. The van der Waals surface area contributed by atoms with Crippen molar-refractivity contribution in [3.8, 4) is 5.69 Å². The SMILES string of the molecule is CC(C)c1nnc2ccc(Sc3ccccc3CNC(=O)Nc3cc(C(C)(C)C)nn3-c3cccc(C(=O)O)c3)cn12. The number of carbonyl (C=O) groups is 2. The molecule has 0 spiro atoms. The van der Waals surface area contributed by atoms with Gasteiger partial charge in [0.1, 0.15) is 11.6 Å². The number of hydrogen-bond donors (Lipinski definition) is 3. The van der Waals surface area contributed by atoms with Crippen LogP contribution in [0.5, 0.6) is 0 Å². The highest BCUT2D eigenvalue weighted by atomic mass is 32.2. The van der Waals surface area contributed by atoms with Crippen LogP contribution >= 0.6 is 11.8 Å². The summed E-state index contributed by atoms with van der Waals surface area (Å²) >= 11 is 1.61. The van der Waals surface area contributed by atoms with Gasteiger partial charge >= 0.3 is 12.0 Å². The molecular formula is C31H33N7O3S. The molecule has 0 fully saturated rings. The van der Waals surface area contributed by atoms with Gasteiger partial charge in [0.25, 0.3) is 0 Å². The number of carboxylic acids is 1. The number of anilines is 1. The van der Waals surface area contributed by atoms with E-state index in [-0.39, 0.29) is 16.9 Å². The summed E-state index contributed by atoms with van der Waals surface area (Å²) in [6.07, 6.45) is 2.04. The fraction of sp³-hybridized carbons (Fsp3) is 0.258. The van der Waals surface area contributed by atoms with Crippen molar-refractivity contribution in [3.05, 3.63) is 95.6 Å². The maximum Gasteiger partial charge on any atom is 0.335 e. The average Bonchev–Trinajstić information content (AvgIpc) is 3.57. The molecule has 0 aliphatic rings. The first-order valence-corrected chi connectivity index (χ1v) is 14.4. The van der Waals surface area contributed by atoms with Crippen LogP contribution in [0.1, 0.15) is 68.0 Å². The summed E-state index contributed by atoms with van der Waals surface area (Å²) in [5.41, 5.74) is 2.90. The van der Waals surface area contributed by atoms with Crippen LogP contribution in [-0.4, -0.2) is 41.5 Å². The van der Waals surface area contributed by atoms with Crippen LogP contribution in [0.15, 0.2) is 82.7 Å². The van der Waals surface area contributed by atoms with Gasteiger partial charge < -0.3 is 10.4 Å². The van der Waals surface area contributed by atoms with E-state index in [9.17, 15) is 14.7 Å². The molecule has 0 unspecified atom stereocenters. The third kappa shape index (κ3) is 6.31. The predicted molar refractivity (Wildman–Crippen MR) is 163 cm³/mol. The van der Waals surface area contributed by atoms with Crippen molar-refractivity contribution < 1.29 is 14.7 Å². The van der Waals surface area contributed by atoms with E-state index >= 15 is 0 Å². The fourth-order valence-corrected chi connectivity index (χ4v) is 5.33. The topological polar surface area (TPSA) is 126 Å². The number of urea groups is 1. The van der Waals surface area contributed by atoms with E-state index in [1.54, 1.807) is 28.6 Å². The molecule has 3 N–H and O–H groups in total. The first-order valence-electron chi connectivity index (χ1n) is 13.6. The quantitative estimate of drug-likeness (QED) is 0.190. The number of hydrogen-bond acceptors (Lipinski definition) is 6. The molecule has 0 aliphatic heterocycles. The van der Waals surface area contributed by atoms with Gasteiger partial charge in [-0.25, -0.2) is 14.3 Å². The van der Waals surface area contributed by atoms with E-state index in [1.807, 2.05) is 73.8 Å². The van der Waals surface area contributed by atoms with Gasteiger partial charge in [0.05, 0.1) is 16.9 Å². The summed E-state index contributed by atoms with van der Waals surface area (Å²) in [5.74, 6) is 0.548. The van der Waals surface area contributed by atoms with Crippen LogP contribution in [0.4, 0.5) is 10.6 Å². The summed E-state index contributed by atoms with van der Waals surface area (Å²) in [7, 11) is 0. The molecule has 0 atom stereocenters. The number of nitrogens with one attached hydrogen (secondary N) is 2. The van der Waals surface area contributed by atoms with Crippen LogP contribution in [-0.2, 0) is 12.0 Å². The molecule has 0 radical (unpaired) electrons. The molecule has 5 rings (SSSR count). The third-order valence-corrected chi connectivity index (χ3v) is 7.71. The van der Waals surface area contributed by atoms with E-state index in [4.69, 9.17) is 0 Å². The van der Waals surface area contributed by atoms with Crippen LogP contribution in [0.2, 0.25) is 0 Å². The van der Waals surface area contributed by atoms with Crippen molar-refractivity contribution in [2.45, 2.75) is 62.3 Å². The average molecular weight is 584 g/mol. The number of fused-ring (bicyclic) bond motifs is 1. The Balaban J connectivity index is 1.33. The Hall–Kier alpha value is -4.64. The lowest BCUT2D eigenvalue weighted by Gasteiger charge is -2.14. The van der Waals surface area contributed by atoms with Gasteiger partial charge in [0.2, 0.25) is 0 Å². The number of aromatic nitrogens is 5. The summed E-state index contributed by atoms with van der Waals surface area (Å²) in [4.78, 5) is 26.7. The minimum atomic E-state index is -1.04. The molecular weight excluding hydrogens is 550 g/mol. The highest BCUT2D eigenvalue weighted by Gasteiger charge is 2.22. The number of nitrogens with zero attached hydrogens (tertiary/aromatic N) is 5. The van der Waals surface area contributed by atoms with E-state index in [1.165, 1.54) is 12.1 Å². The Labute approximate surface area is 248 Å². The van der Waals surface area contributed by atoms with Crippen LogP contribution in [0.3, 0.4) is 0 Å². The van der Waals surface area contributed by atoms with E-state index in [0.29, 0.717) is 18.1 Å². The minimum absolute atomic E-state index is 0.133. The standard InChI is InChI=1S/C31H33N7O3S/c1-19(2)28-35-34-26-14-13-23(18-37(26)28)42-24-12-7-6-9-21(24)17-32-30(41)33-27-16-25(31(3,4)5)36-38(27)22-11-8-10-20(15-22)29(39)40/h6-16,18-19H,17H2,1-5H3,(H,39,40)(H2,32,33,41). The molecule has 2 amide bonds. The van der Waals surface area contributed by atoms with Gasteiger partial charge in [-0.15, -0.1) is 10.2 Å². The molecule has 216 valence electrons. The number of carbonyl (C=O) groups excluding carboxylic acids is 1. The number of aromatic carboxylic acids is 1. The van der Waals surface area contributed by atoms with Crippen LogP contribution < -0.4 is 10.6 Å². The smallest absolute Gasteiger partial charge is 0.335 e. The lowest BCUT2D eigenvalue weighted by Crippen LogP contribution is -2.29. The normalized spacial score (nSPS) is 11.7. The van der Waals surface area contributed by atoms with Crippen LogP contribution in [0, 0.1) is 0 Å². The summed E-state index contributed by atoms with van der Waals surface area (Å²) in [6, 6.07) is 19.8. The second kappa shape index (κ2) is 11.7. The number of benzene rings is 2. The fourth-order valence-electron chi connectivity index (χ4n) is 4.36. The zero-order valence-corrected chi connectivity index (χ0v) is 24.9. The van der Waals surface area contributed by atoms with Gasteiger partial charge in [0.15, 0.2) is 5.65 Å². The third-order valence-electron chi connectivity index (χ3n) is 6.61. The van der Waals surface area contributed by atoms with Crippen molar-refractivity contribution in [3.63, 3.8) is 0 Å². The van der Waals surface area contributed by atoms with Crippen LogP contribution in [0.25, 0.3) is 11.3 Å². The van der Waals surface area contributed by atoms with E-state index in [2.05, 4.69) is 39.8 Å². The molecule has 42 heavy (non-hydrogen) atoms. The van der Waals surface area contributed by atoms with Crippen molar-refractivity contribution in [1.29, 1.82) is 0 Å². The lowest BCUT2D eigenvalue weighted by atomic mass is 9.92. The van der Waals surface area contributed by atoms with Crippen molar-refractivity contribution in [2.75, 3.05) is 5.32 Å². The Kier molecular flexibility index (Phi) is 8.04. The van der Waals surface area contributed by atoms with E-state index < -0.39 is 12.0 Å². The second-order valence-electron chi connectivity index (χ2n) is 11.3. The largest absolute Gasteiger partial charge is 0.478 e. The Bertz CT molecular complexity index is 1770. The van der Waals surface area contributed by atoms with Crippen molar-refractivity contribution in [1.82, 2.24) is 29.7 Å². The second-order valence-corrected chi connectivity index (χ2v) is 12.4. The molecule has 0 aliphatic carbocycles. The van der Waals surface area contributed by atoms with Gasteiger partial charge in [0, 0.05) is 39.9 Å². The van der Waals surface area contributed by atoms with Gasteiger partial charge in [-0.3, -0.25) is 9.72 Å². The summed E-state index contributed by atoms with van der Waals surface area (Å²) in [6.45, 7) is 10.6. The first kappa shape index (κ1) is 28.9. The summed E-state index contributed by atoms with van der Waals surface area (Å²) < 4.78 is 3.57. The molecule has 0 saturated heterocycles. The number of carboxylic acid groups (broad SMARTS) is 1. The van der Waals surface area contributed by atoms with Gasteiger partial charge in [-0.05, 0) is 42.0 Å². The molecule has 0 bridgehead atoms. The Morgan fingerprint density at radius 2 is 1.79 bits per heavy atom. The lowest BCUT2D eigenvalue weighted by molar-refractivity contribution is 0.0696. The van der Waals surface area contributed by atoms with Crippen molar-refractivity contribution in [2.24, 2.45) is 0 Å². The Morgan fingerprint density at radius 1 is 1.00 bits per heavy atom. The first-order chi connectivity index (χ1) is 20.0. The maximum absolute atomic E-state index is 13.1. The molecule has 2 aromatic carbocycles. The minimum Gasteiger partial charge on any atom is -0.478 e. The van der Waals surface area contributed by atoms with Gasteiger partial charge in [-0.1, -0.05) is 70.6 Å². The molecule has 11 heteroatoms. The molecule has 0 saturated carbocycles. The van der Waals surface area contributed by atoms with E-state index in [0.717, 1.165) is 32.5 Å². The number of rotatable bonds is 8. The maximum atomic E-state index is 13.1. The zero-order valence-electron chi connectivity index (χ0n) is 24.1. The van der Waals surface area contributed by atoms with Crippen molar-refractivity contribution >= 4 is 35.2 Å². The highest BCUT2D eigenvalue weighted by molar-refractivity contribution is 7.99. The molecule has 5 aromatic rings. The Morgan fingerprint density at radius 3 is 2.52 bits per heavy atom. The van der Waals surface area contributed by atoms with Gasteiger partial charge in [-0.2, -0.15) is 5.10 Å². The molecule has 3 aromatic heterocycles. The predicted octanol–water partition coefficient (Wildman–Crippen LogP) is 6.51. The number of amides is 2.